The minimum Gasteiger partial charge on any atom is -0.508 e. The molecule has 0 aromatic heterocycles. The molecule has 5 heteroatoms. The van der Waals surface area contributed by atoms with E-state index in [1.165, 1.54) is 12.1 Å². The molecule has 0 amide bonds. The molecule has 0 atom stereocenters. The van der Waals surface area contributed by atoms with E-state index in [1.807, 2.05) is 0 Å². The van der Waals surface area contributed by atoms with Gasteiger partial charge in [-0.2, -0.15) is 0 Å². The van der Waals surface area contributed by atoms with Crippen molar-refractivity contribution in [3.05, 3.63) is 46.0 Å². The van der Waals surface area contributed by atoms with E-state index >= 15 is 0 Å². The Hall–Kier alpha value is -2.01. The molecule has 0 radical (unpaired) electrons. The average Bonchev–Trinajstić information content (AvgIpc) is 2.41. The molecule has 0 bridgehead atoms. The van der Waals surface area contributed by atoms with Crippen molar-refractivity contribution in [3.63, 3.8) is 0 Å². The van der Waals surface area contributed by atoms with Gasteiger partial charge >= 0.3 is 0 Å². The van der Waals surface area contributed by atoms with E-state index in [1.54, 1.807) is 40.7 Å². The number of hydrogen-bond donors (Lipinski definition) is 2. The summed E-state index contributed by atoms with van der Waals surface area (Å²) in [6.45, 7) is 8.33. The Labute approximate surface area is 131 Å². The van der Waals surface area contributed by atoms with Crippen LogP contribution in [-0.2, 0) is 9.84 Å². The van der Waals surface area contributed by atoms with E-state index in [9.17, 15) is 18.6 Å². The highest BCUT2D eigenvalue weighted by Gasteiger charge is 2.27. The topological polar surface area (TPSA) is 74.6 Å². The molecule has 0 unspecified atom stereocenters. The number of aryl methyl sites for hydroxylation is 2. The molecule has 0 heterocycles. The summed E-state index contributed by atoms with van der Waals surface area (Å²) < 4.78 is 26.1. The van der Waals surface area contributed by atoms with Gasteiger partial charge in [0.25, 0.3) is 0 Å². The highest BCUT2D eigenvalue weighted by Crippen LogP contribution is 2.36. The fraction of sp³-hybridized carbons (Fsp3) is 0.294. The minimum atomic E-state index is -3.78. The minimum absolute atomic E-state index is 0.00752. The molecule has 0 saturated carbocycles. The van der Waals surface area contributed by atoms with Gasteiger partial charge in [0.1, 0.15) is 11.5 Å². The molecule has 22 heavy (non-hydrogen) atoms. The summed E-state index contributed by atoms with van der Waals surface area (Å²) in [6.07, 6.45) is 0. The molecule has 0 spiro atoms. The first-order valence-corrected chi connectivity index (χ1v) is 8.41. The van der Waals surface area contributed by atoms with Crippen LogP contribution in [0.1, 0.15) is 27.8 Å². The van der Waals surface area contributed by atoms with Crippen LogP contribution < -0.4 is 0 Å². The predicted octanol–water partition coefficient (Wildman–Crippen LogP) is 3.47. The molecule has 2 aromatic carbocycles. The van der Waals surface area contributed by atoms with Crippen molar-refractivity contribution in [2.45, 2.75) is 44.4 Å². The van der Waals surface area contributed by atoms with Crippen LogP contribution in [0.15, 0.2) is 28.0 Å². The predicted molar refractivity (Wildman–Crippen MR) is 85.4 cm³/mol. The molecular formula is C17H20O4S. The van der Waals surface area contributed by atoms with Gasteiger partial charge in [0, 0.05) is 5.56 Å². The Balaban J connectivity index is 2.83. The van der Waals surface area contributed by atoms with Crippen LogP contribution >= 0.6 is 0 Å². The number of hydrogen-bond acceptors (Lipinski definition) is 4. The molecule has 0 saturated heterocycles. The molecular weight excluding hydrogens is 300 g/mol. The van der Waals surface area contributed by atoms with Gasteiger partial charge in [-0.15, -0.1) is 0 Å². The number of benzene rings is 2. The maximum Gasteiger partial charge on any atom is 0.207 e. The van der Waals surface area contributed by atoms with Crippen molar-refractivity contribution >= 4 is 9.84 Å². The Morgan fingerprint density at radius 1 is 0.818 bits per heavy atom. The van der Waals surface area contributed by atoms with E-state index in [2.05, 4.69) is 0 Å². The van der Waals surface area contributed by atoms with Crippen LogP contribution in [0.25, 0.3) is 0 Å². The largest absolute Gasteiger partial charge is 0.508 e. The number of phenols is 2. The zero-order valence-corrected chi connectivity index (χ0v) is 14.2. The van der Waals surface area contributed by atoms with Crippen molar-refractivity contribution in [3.8, 4) is 11.5 Å². The van der Waals surface area contributed by atoms with Crippen LogP contribution in [0.3, 0.4) is 0 Å². The first-order chi connectivity index (χ1) is 10.1. The normalized spacial score (nSPS) is 11.7. The molecule has 4 nitrogen and oxygen atoms in total. The molecule has 2 rings (SSSR count). The van der Waals surface area contributed by atoms with Crippen molar-refractivity contribution in [1.82, 2.24) is 0 Å². The maximum atomic E-state index is 13.0. The highest BCUT2D eigenvalue weighted by molar-refractivity contribution is 7.91. The molecule has 0 aliphatic heterocycles. The van der Waals surface area contributed by atoms with Crippen LogP contribution in [0.2, 0.25) is 0 Å². The lowest BCUT2D eigenvalue weighted by molar-refractivity contribution is 0.464. The zero-order chi connectivity index (χ0) is 16.8. The van der Waals surface area contributed by atoms with Crippen molar-refractivity contribution < 1.29 is 18.6 Å². The summed E-state index contributed by atoms with van der Waals surface area (Å²) in [5.74, 6) is 0.0734. The number of phenolic OH excluding ortho intramolecular Hbond substituents is 2. The van der Waals surface area contributed by atoms with E-state index < -0.39 is 9.84 Å². The number of aromatic hydroxyl groups is 2. The average molecular weight is 320 g/mol. The Bertz CT molecular complexity index is 865. The van der Waals surface area contributed by atoms with E-state index in [0.29, 0.717) is 27.8 Å². The van der Waals surface area contributed by atoms with Crippen LogP contribution in [0, 0.1) is 34.6 Å². The lowest BCUT2D eigenvalue weighted by Gasteiger charge is -2.16. The summed E-state index contributed by atoms with van der Waals surface area (Å²) in [5, 5.41) is 19.9. The van der Waals surface area contributed by atoms with Gasteiger partial charge in [0.05, 0.1) is 9.79 Å². The van der Waals surface area contributed by atoms with Gasteiger partial charge in [0.15, 0.2) is 0 Å². The second-order valence-corrected chi connectivity index (χ2v) is 7.50. The third kappa shape index (κ3) is 2.35. The first-order valence-electron chi connectivity index (χ1n) is 6.93. The Kier molecular flexibility index (Phi) is 3.96. The summed E-state index contributed by atoms with van der Waals surface area (Å²) in [4.78, 5) is 0.279. The third-order valence-corrected chi connectivity index (χ3v) is 6.33. The third-order valence-electron chi connectivity index (χ3n) is 4.14. The first kappa shape index (κ1) is 16.4. The van der Waals surface area contributed by atoms with E-state index in [0.717, 1.165) is 0 Å². The highest BCUT2D eigenvalue weighted by atomic mass is 32.2. The zero-order valence-electron chi connectivity index (χ0n) is 13.4. The molecule has 2 N–H and O–H groups in total. The van der Waals surface area contributed by atoms with Gasteiger partial charge in [0.2, 0.25) is 9.84 Å². The van der Waals surface area contributed by atoms with Crippen LogP contribution in [0.5, 0.6) is 11.5 Å². The van der Waals surface area contributed by atoms with Gasteiger partial charge in [-0.05, 0) is 69.0 Å². The molecule has 118 valence electrons. The lowest BCUT2D eigenvalue weighted by Crippen LogP contribution is -2.09. The van der Waals surface area contributed by atoms with E-state index in [4.69, 9.17) is 0 Å². The number of sulfone groups is 1. The SMILES string of the molecule is Cc1ccc(S(=O)(=O)c2c(C)cc(O)c(C)c2C)c(C)c1O. The second-order valence-electron chi connectivity index (χ2n) is 5.65. The molecule has 0 fully saturated rings. The van der Waals surface area contributed by atoms with Gasteiger partial charge in [-0.1, -0.05) is 6.07 Å². The van der Waals surface area contributed by atoms with Crippen LogP contribution in [0.4, 0.5) is 0 Å². The van der Waals surface area contributed by atoms with Crippen molar-refractivity contribution in [2.24, 2.45) is 0 Å². The van der Waals surface area contributed by atoms with Crippen LogP contribution in [-0.4, -0.2) is 18.6 Å². The Morgan fingerprint density at radius 2 is 1.41 bits per heavy atom. The summed E-state index contributed by atoms with van der Waals surface area (Å²) in [6, 6.07) is 4.56. The number of rotatable bonds is 2. The van der Waals surface area contributed by atoms with Gasteiger partial charge in [-0.3, -0.25) is 0 Å². The van der Waals surface area contributed by atoms with E-state index in [-0.39, 0.29) is 21.3 Å². The summed E-state index contributed by atoms with van der Waals surface area (Å²) >= 11 is 0. The van der Waals surface area contributed by atoms with Gasteiger partial charge in [-0.25, -0.2) is 8.42 Å². The fourth-order valence-electron chi connectivity index (χ4n) is 2.67. The standard InChI is InChI=1S/C17H20O4S/c1-9-6-7-15(13(5)16(9)19)22(20,21)17-10(2)8-14(18)11(3)12(17)4/h6-8,18-19H,1-5H3. The monoisotopic (exact) mass is 320 g/mol. The lowest BCUT2D eigenvalue weighted by atomic mass is 10.1. The Morgan fingerprint density at radius 3 is 2.00 bits per heavy atom. The second kappa shape index (κ2) is 5.32. The molecule has 0 aliphatic rings. The quantitative estimate of drug-likeness (QED) is 0.888. The summed E-state index contributed by atoms with van der Waals surface area (Å²) in [7, 11) is -3.78. The van der Waals surface area contributed by atoms with Crippen molar-refractivity contribution in [2.75, 3.05) is 0 Å². The fourth-order valence-corrected chi connectivity index (χ4v) is 4.67. The molecule has 0 aliphatic carbocycles. The maximum absolute atomic E-state index is 13.0. The molecule has 2 aromatic rings. The van der Waals surface area contributed by atoms with Gasteiger partial charge < -0.3 is 10.2 Å². The van der Waals surface area contributed by atoms with Crippen molar-refractivity contribution in [1.29, 1.82) is 0 Å². The summed E-state index contributed by atoms with van der Waals surface area (Å²) in [5.41, 5.74) is 2.52. The smallest absolute Gasteiger partial charge is 0.207 e.